The summed E-state index contributed by atoms with van der Waals surface area (Å²) in [5.74, 6) is -1.28. The van der Waals surface area contributed by atoms with Gasteiger partial charge in [-0.05, 0) is 25.1 Å². The molecule has 0 radical (unpaired) electrons. The molecule has 0 aromatic heterocycles. The molecule has 0 bridgehead atoms. The van der Waals surface area contributed by atoms with Gasteiger partial charge in [-0.15, -0.1) is 0 Å². The normalized spacial score (nSPS) is 11.9. The Morgan fingerprint density at radius 3 is 2.40 bits per heavy atom. The van der Waals surface area contributed by atoms with Gasteiger partial charge in [0.05, 0.1) is 17.3 Å². The van der Waals surface area contributed by atoms with Gasteiger partial charge in [-0.2, -0.15) is 0 Å². The molecule has 2 aromatic carbocycles. The van der Waals surface area contributed by atoms with Crippen LogP contribution in [-0.2, 0) is 0 Å². The number of anilines is 1. The van der Waals surface area contributed by atoms with E-state index >= 15 is 0 Å². The van der Waals surface area contributed by atoms with Crippen molar-refractivity contribution in [1.29, 1.82) is 0 Å². The maximum absolute atomic E-state index is 13.8. The Hall–Kier alpha value is -2.36. The van der Waals surface area contributed by atoms with Crippen molar-refractivity contribution in [3.8, 4) is 0 Å². The van der Waals surface area contributed by atoms with Crippen LogP contribution in [-0.4, -0.2) is 18.1 Å². The quantitative estimate of drug-likeness (QED) is 0.923. The molecule has 0 amide bonds. The maximum Gasteiger partial charge on any atom is 0.337 e. The van der Waals surface area contributed by atoms with Crippen molar-refractivity contribution in [2.45, 2.75) is 13.0 Å². The molecule has 2 aromatic rings. The molecule has 1 unspecified atom stereocenters. The van der Waals surface area contributed by atoms with Gasteiger partial charge in [0.25, 0.3) is 0 Å². The van der Waals surface area contributed by atoms with Crippen LogP contribution in [0.5, 0.6) is 0 Å². The topological polar surface area (TPSA) is 40.5 Å². The fourth-order valence-corrected chi connectivity index (χ4v) is 2.19. The second-order valence-corrected chi connectivity index (χ2v) is 4.63. The van der Waals surface area contributed by atoms with Crippen molar-refractivity contribution in [2.24, 2.45) is 0 Å². The molecule has 0 fully saturated rings. The zero-order valence-corrected chi connectivity index (χ0v) is 11.4. The number of nitrogens with zero attached hydrogens (tertiary/aromatic N) is 1. The summed E-state index contributed by atoms with van der Waals surface area (Å²) in [5, 5.41) is 9.22. The molecule has 20 heavy (non-hydrogen) atoms. The molecule has 0 aliphatic carbocycles. The molecule has 0 spiro atoms. The summed E-state index contributed by atoms with van der Waals surface area (Å²) < 4.78 is 13.8. The second kappa shape index (κ2) is 5.74. The predicted octanol–water partition coefficient (Wildman–Crippen LogP) is 3.72. The molecule has 0 saturated carbocycles. The van der Waals surface area contributed by atoms with E-state index in [-0.39, 0.29) is 17.4 Å². The van der Waals surface area contributed by atoms with Crippen LogP contribution in [0.4, 0.5) is 10.1 Å². The van der Waals surface area contributed by atoms with E-state index in [1.54, 1.807) is 54.4 Å². The van der Waals surface area contributed by atoms with Crippen molar-refractivity contribution in [3.63, 3.8) is 0 Å². The highest BCUT2D eigenvalue weighted by Gasteiger charge is 2.19. The number of halogens is 1. The number of carbonyl (C=O) groups is 1. The van der Waals surface area contributed by atoms with E-state index in [0.29, 0.717) is 11.3 Å². The minimum atomic E-state index is -0.992. The van der Waals surface area contributed by atoms with Crippen molar-refractivity contribution in [3.05, 3.63) is 65.5 Å². The Kier molecular flexibility index (Phi) is 4.03. The number of hydrogen-bond acceptors (Lipinski definition) is 2. The van der Waals surface area contributed by atoms with E-state index in [2.05, 4.69) is 0 Å². The molecule has 0 saturated heterocycles. The SMILES string of the molecule is CC(c1ccccc1F)N(C)c1ccccc1C(=O)O. The van der Waals surface area contributed by atoms with Gasteiger partial charge >= 0.3 is 5.97 Å². The third-order valence-corrected chi connectivity index (χ3v) is 3.45. The monoisotopic (exact) mass is 273 g/mol. The minimum absolute atomic E-state index is 0.207. The Morgan fingerprint density at radius 2 is 1.75 bits per heavy atom. The van der Waals surface area contributed by atoms with Crippen LogP contribution in [0.2, 0.25) is 0 Å². The average molecular weight is 273 g/mol. The summed E-state index contributed by atoms with van der Waals surface area (Å²) in [5.41, 5.74) is 1.31. The first-order valence-corrected chi connectivity index (χ1v) is 6.32. The fourth-order valence-electron chi connectivity index (χ4n) is 2.19. The molecule has 0 aliphatic rings. The van der Waals surface area contributed by atoms with Gasteiger partial charge in [0.2, 0.25) is 0 Å². The smallest absolute Gasteiger partial charge is 0.337 e. The first-order chi connectivity index (χ1) is 9.52. The lowest BCUT2D eigenvalue weighted by molar-refractivity contribution is 0.0697. The molecule has 3 nitrogen and oxygen atoms in total. The van der Waals surface area contributed by atoms with E-state index in [4.69, 9.17) is 0 Å². The average Bonchev–Trinajstić information content (AvgIpc) is 2.46. The van der Waals surface area contributed by atoms with Crippen molar-refractivity contribution in [1.82, 2.24) is 0 Å². The Labute approximate surface area is 117 Å². The third kappa shape index (κ3) is 2.64. The Bertz CT molecular complexity index is 627. The van der Waals surface area contributed by atoms with E-state index in [0.717, 1.165) is 0 Å². The molecule has 1 N–H and O–H groups in total. The number of carboxylic acid groups (broad SMARTS) is 1. The molecular formula is C16H16FNO2. The maximum atomic E-state index is 13.8. The minimum Gasteiger partial charge on any atom is -0.478 e. The highest BCUT2D eigenvalue weighted by molar-refractivity contribution is 5.94. The number of para-hydroxylation sites is 1. The lowest BCUT2D eigenvalue weighted by Gasteiger charge is -2.28. The van der Waals surface area contributed by atoms with E-state index in [1.165, 1.54) is 6.07 Å². The Balaban J connectivity index is 2.39. The summed E-state index contributed by atoms with van der Waals surface area (Å²) in [6, 6.07) is 13.0. The van der Waals surface area contributed by atoms with Gasteiger partial charge in [0.1, 0.15) is 5.82 Å². The van der Waals surface area contributed by atoms with Crippen LogP contribution in [0.15, 0.2) is 48.5 Å². The molecule has 104 valence electrons. The summed E-state index contributed by atoms with van der Waals surface area (Å²) in [7, 11) is 1.76. The highest BCUT2D eigenvalue weighted by Crippen LogP contribution is 2.29. The van der Waals surface area contributed by atoms with E-state index in [9.17, 15) is 14.3 Å². The number of rotatable bonds is 4. The summed E-state index contributed by atoms with van der Waals surface area (Å²) >= 11 is 0. The summed E-state index contributed by atoms with van der Waals surface area (Å²) in [6.45, 7) is 1.84. The highest BCUT2D eigenvalue weighted by atomic mass is 19.1. The predicted molar refractivity (Wildman–Crippen MR) is 76.6 cm³/mol. The number of aromatic carboxylic acids is 1. The van der Waals surface area contributed by atoms with Crippen LogP contribution in [0.3, 0.4) is 0 Å². The van der Waals surface area contributed by atoms with Crippen LogP contribution in [0.1, 0.15) is 28.9 Å². The summed E-state index contributed by atoms with van der Waals surface area (Å²) in [6.07, 6.45) is 0. The van der Waals surface area contributed by atoms with Gasteiger partial charge < -0.3 is 10.0 Å². The van der Waals surface area contributed by atoms with Crippen molar-refractivity contribution in [2.75, 3.05) is 11.9 Å². The molecule has 0 aliphatic heterocycles. The standard InChI is InChI=1S/C16H16FNO2/c1-11(12-7-3-5-9-14(12)17)18(2)15-10-6-4-8-13(15)16(19)20/h3-11H,1-2H3,(H,19,20). The number of hydrogen-bond donors (Lipinski definition) is 1. The molecule has 2 rings (SSSR count). The van der Waals surface area contributed by atoms with E-state index in [1.807, 2.05) is 6.92 Å². The van der Waals surface area contributed by atoms with Gasteiger partial charge in [0, 0.05) is 12.6 Å². The molecule has 4 heteroatoms. The third-order valence-electron chi connectivity index (χ3n) is 3.45. The number of benzene rings is 2. The second-order valence-electron chi connectivity index (χ2n) is 4.63. The van der Waals surface area contributed by atoms with Gasteiger partial charge in [-0.1, -0.05) is 30.3 Å². The molecular weight excluding hydrogens is 257 g/mol. The van der Waals surface area contributed by atoms with Crippen LogP contribution < -0.4 is 4.90 Å². The lowest BCUT2D eigenvalue weighted by Crippen LogP contribution is -2.24. The molecule has 0 heterocycles. The van der Waals surface area contributed by atoms with E-state index < -0.39 is 5.97 Å². The lowest BCUT2D eigenvalue weighted by atomic mass is 10.0. The Morgan fingerprint density at radius 1 is 1.15 bits per heavy atom. The zero-order chi connectivity index (χ0) is 14.7. The van der Waals surface area contributed by atoms with Crippen LogP contribution >= 0.6 is 0 Å². The van der Waals surface area contributed by atoms with Crippen LogP contribution in [0, 0.1) is 5.82 Å². The van der Waals surface area contributed by atoms with Gasteiger partial charge in [0.15, 0.2) is 0 Å². The van der Waals surface area contributed by atoms with Gasteiger partial charge in [-0.25, -0.2) is 9.18 Å². The first kappa shape index (κ1) is 14.1. The zero-order valence-electron chi connectivity index (χ0n) is 11.4. The van der Waals surface area contributed by atoms with Crippen LogP contribution in [0.25, 0.3) is 0 Å². The van der Waals surface area contributed by atoms with Crippen molar-refractivity contribution >= 4 is 11.7 Å². The largest absolute Gasteiger partial charge is 0.478 e. The first-order valence-electron chi connectivity index (χ1n) is 6.32. The summed E-state index contributed by atoms with van der Waals surface area (Å²) in [4.78, 5) is 13.0. The van der Waals surface area contributed by atoms with Crippen molar-refractivity contribution < 1.29 is 14.3 Å². The molecule has 1 atom stereocenters. The fraction of sp³-hybridized carbons (Fsp3) is 0.188. The van der Waals surface area contributed by atoms with Gasteiger partial charge in [-0.3, -0.25) is 0 Å². The number of carboxylic acids is 1.